The maximum absolute atomic E-state index is 11.7. The van der Waals surface area contributed by atoms with E-state index < -0.39 is 0 Å². The molecule has 1 atom stereocenters. The van der Waals surface area contributed by atoms with Crippen molar-refractivity contribution in [3.05, 3.63) is 23.0 Å². The van der Waals surface area contributed by atoms with Crippen molar-refractivity contribution in [1.82, 2.24) is 4.57 Å². The predicted octanol–water partition coefficient (Wildman–Crippen LogP) is 2.66. The molecular weight excluding hydrogens is 238 g/mol. The van der Waals surface area contributed by atoms with Crippen molar-refractivity contribution >= 4 is 17.4 Å². The van der Waals surface area contributed by atoms with Gasteiger partial charge in [-0.3, -0.25) is 4.79 Å². The summed E-state index contributed by atoms with van der Waals surface area (Å²) in [5.41, 5.74) is 2.81. The van der Waals surface area contributed by atoms with Gasteiger partial charge in [-0.15, -0.1) is 11.6 Å². The maximum atomic E-state index is 11.7. The van der Waals surface area contributed by atoms with Gasteiger partial charge in [0, 0.05) is 23.6 Å². The third kappa shape index (κ3) is 2.02. The highest BCUT2D eigenvalue weighted by Crippen LogP contribution is 2.32. The van der Waals surface area contributed by atoms with Gasteiger partial charge in [0.2, 0.25) is 0 Å². The van der Waals surface area contributed by atoms with E-state index in [1.54, 1.807) is 0 Å². The highest BCUT2D eigenvalue weighted by molar-refractivity contribution is 6.30. The average Bonchev–Trinajstić information content (AvgIpc) is 2.83. The van der Waals surface area contributed by atoms with Crippen LogP contribution >= 0.6 is 11.6 Å². The van der Waals surface area contributed by atoms with Crippen LogP contribution in [0.1, 0.15) is 35.1 Å². The minimum atomic E-state index is -0.0288. The number of carbonyl (C=O) groups excluding carboxylic acids is 1. The minimum absolute atomic E-state index is 0.00599. The molecule has 3 nitrogen and oxygen atoms in total. The molecule has 0 radical (unpaired) electrons. The fraction of sp³-hybridized carbons (Fsp3) is 0.615. The molecule has 0 aromatic carbocycles. The Morgan fingerprint density at radius 1 is 1.59 bits per heavy atom. The number of aromatic nitrogens is 1. The van der Waals surface area contributed by atoms with E-state index in [2.05, 4.69) is 11.5 Å². The predicted molar refractivity (Wildman–Crippen MR) is 68.0 cm³/mol. The number of nitrogens with zero attached hydrogens (tertiary/aromatic N) is 1. The largest absolute Gasteiger partial charge is 0.379 e. The van der Waals surface area contributed by atoms with Gasteiger partial charge < -0.3 is 9.30 Å². The van der Waals surface area contributed by atoms with Gasteiger partial charge >= 0.3 is 0 Å². The van der Waals surface area contributed by atoms with Crippen molar-refractivity contribution in [1.29, 1.82) is 0 Å². The molecule has 0 aliphatic carbocycles. The van der Waals surface area contributed by atoms with E-state index in [0.29, 0.717) is 6.61 Å². The second kappa shape index (κ2) is 4.46. The molecule has 94 valence electrons. The molecule has 1 aromatic heterocycles. The number of carbonyl (C=O) groups is 1. The molecule has 1 unspecified atom stereocenters. The third-order valence-electron chi connectivity index (χ3n) is 3.59. The summed E-state index contributed by atoms with van der Waals surface area (Å²) in [6.07, 6.45) is 0.984. The van der Waals surface area contributed by atoms with Crippen LogP contribution < -0.4 is 0 Å². The Balaban J connectivity index is 2.48. The van der Waals surface area contributed by atoms with Crippen molar-refractivity contribution in [2.24, 2.45) is 0 Å². The van der Waals surface area contributed by atoms with Crippen molar-refractivity contribution in [3.8, 4) is 0 Å². The average molecular weight is 256 g/mol. The van der Waals surface area contributed by atoms with Crippen molar-refractivity contribution in [2.75, 3.05) is 19.1 Å². The molecule has 1 saturated heterocycles. The lowest BCUT2D eigenvalue weighted by Gasteiger charge is -2.28. The van der Waals surface area contributed by atoms with E-state index in [1.165, 1.54) is 0 Å². The zero-order valence-corrected chi connectivity index (χ0v) is 11.3. The van der Waals surface area contributed by atoms with Gasteiger partial charge in [0.05, 0.1) is 18.0 Å². The first-order valence-corrected chi connectivity index (χ1v) is 6.39. The molecule has 0 spiro atoms. The standard InChI is InChI=1S/C13H18ClNO2/c1-9-6-11(12(16)7-14)10(2)15(9)13(3)4-5-17-8-13/h6H,4-5,7-8H2,1-3H3. The first kappa shape index (κ1) is 12.7. The number of ether oxygens (including phenoxy) is 1. The maximum Gasteiger partial charge on any atom is 0.179 e. The number of ketones is 1. The molecular formula is C13H18ClNO2. The zero-order valence-electron chi connectivity index (χ0n) is 10.5. The van der Waals surface area contributed by atoms with Crippen molar-refractivity contribution in [2.45, 2.75) is 32.7 Å². The lowest BCUT2D eigenvalue weighted by Crippen LogP contribution is -2.32. The first-order chi connectivity index (χ1) is 7.99. The second-order valence-electron chi connectivity index (χ2n) is 4.98. The van der Waals surface area contributed by atoms with Crippen LogP contribution in [0, 0.1) is 13.8 Å². The number of hydrogen-bond donors (Lipinski definition) is 0. The van der Waals surface area contributed by atoms with Gasteiger partial charge in [-0.1, -0.05) is 0 Å². The zero-order chi connectivity index (χ0) is 12.6. The summed E-state index contributed by atoms with van der Waals surface area (Å²) in [6.45, 7) is 7.68. The Morgan fingerprint density at radius 3 is 2.82 bits per heavy atom. The van der Waals surface area contributed by atoms with E-state index in [1.807, 2.05) is 19.9 Å². The summed E-state index contributed by atoms with van der Waals surface area (Å²) in [5.74, 6) is 0.0332. The molecule has 1 aliphatic heterocycles. The van der Waals surface area contributed by atoms with Crippen LogP contribution in [-0.4, -0.2) is 29.4 Å². The third-order valence-corrected chi connectivity index (χ3v) is 3.83. The number of rotatable bonds is 3. The van der Waals surface area contributed by atoms with Crippen LogP contribution in [0.4, 0.5) is 0 Å². The lowest BCUT2D eigenvalue weighted by molar-refractivity contribution is 0.101. The quantitative estimate of drug-likeness (QED) is 0.614. The normalized spacial score (nSPS) is 24.2. The van der Waals surface area contributed by atoms with Gasteiger partial charge in [0.1, 0.15) is 0 Å². The Bertz CT molecular complexity index is 445. The molecule has 2 heterocycles. The Morgan fingerprint density at radius 2 is 2.29 bits per heavy atom. The highest BCUT2D eigenvalue weighted by atomic mass is 35.5. The second-order valence-corrected chi connectivity index (χ2v) is 5.24. The molecule has 0 N–H and O–H groups in total. The summed E-state index contributed by atoms with van der Waals surface area (Å²) in [5, 5.41) is 0. The van der Waals surface area contributed by atoms with E-state index in [0.717, 1.165) is 30.0 Å². The van der Waals surface area contributed by atoms with Crippen molar-refractivity contribution in [3.63, 3.8) is 0 Å². The van der Waals surface area contributed by atoms with Crippen LogP contribution in [0.2, 0.25) is 0 Å². The monoisotopic (exact) mass is 255 g/mol. The van der Waals surface area contributed by atoms with Gasteiger partial charge in [-0.2, -0.15) is 0 Å². The summed E-state index contributed by atoms with van der Waals surface area (Å²) < 4.78 is 7.71. The Kier molecular flexibility index (Phi) is 3.32. The molecule has 1 aromatic rings. The fourth-order valence-corrected chi connectivity index (χ4v) is 2.92. The summed E-state index contributed by atoms with van der Waals surface area (Å²) in [7, 11) is 0. The topological polar surface area (TPSA) is 31.2 Å². The van der Waals surface area contributed by atoms with E-state index in [-0.39, 0.29) is 17.2 Å². The Hall–Kier alpha value is -0.800. The molecule has 0 bridgehead atoms. The SMILES string of the molecule is Cc1cc(C(=O)CCl)c(C)n1C1(C)CCOC1. The lowest BCUT2D eigenvalue weighted by atomic mass is 10.0. The number of Topliss-reactive ketones (excluding diaryl/α,β-unsaturated/α-hetero) is 1. The number of halogens is 1. The molecule has 2 rings (SSSR count). The summed E-state index contributed by atoms with van der Waals surface area (Å²) >= 11 is 5.63. The van der Waals surface area contributed by atoms with Crippen LogP contribution in [-0.2, 0) is 10.3 Å². The summed E-state index contributed by atoms with van der Waals surface area (Å²) in [4.78, 5) is 11.7. The van der Waals surface area contributed by atoms with Crippen LogP contribution in [0.5, 0.6) is 0 Å². The van der Waals surface area contributed by atoms with Crippen LogP contribution in [0.15, 0.2) is 6.07 Å². The number of hydrogen-bond acceptors (Lipinski definition) is 2. The van der Waals surface area contributed by atoms with E-state index >= 15 is 0 Å². The molecule has 1 aliphatic rings. The Labute approximate surface area is 107 Å². The molecule has 1 fully saturated rings. The minimum Gasteiger partial charge on any atom is -0.379 e. The molecule has 0 saturated carbocycles. The van der Waals surface area contributed by atoms with Gasteiger partial charge in [0.25, 0.3) is 0 Å². The number of alkyl halides is 1. The van der Waals surface area contributed by atoms with Crippen LogP contribution in [0.25, 0.3) is 0 Å². The summed E-state index contributed by atoms with van der Waals surface area (Å²) in [6, 6.07) is 1.93. The fourth-order valence-electron chi connectivity index (χ4n) is 2.78. The van der Waals surface area contributed by atoms with Gasteiger partial charge in [-0.05, 0) is 33.3 Å². The molecule has 4 heteroatoms. The molecule has 0 amide bonds. The van der Waals surface area contributed by atoms with E-state index in [9.17, 15) is 4.79 Å². The van der Waals surface area contributed by atoms with Gasteiger partial charge in [-0.25, -0.2) is 0 Å². The van der Waals surface area contributed by atoms with Crippen LogP contribution in [0.3, 0.4) is 0 Å². The molecule has 17 heavy (non-hydrogen) atoms. The van der Waals surface area contributed by atoms with Crippen molar-refractivity contribution < 1.29 is 9.53 Å². The smallest absolute Gasteiger partial charge is 0.179 e. The highest BCUT2D eigenvalue weighted by Gasteiger charge is 2.34. The number of aryl methyl sites for hydroxylation is 1. The van der Waals surface area contributed by atoms with E-state index in [4.69, 9.17) is 16.3 Å². The van der Waals surface area contributed by atoms with Gasteiger partial charge in [0.15, 0.2) is 5.78 Å². The first-order valence-electron chi connectivity index (χ1n) is 5.86.